The van der Waals surface area contributed by atoms with Crippen molar-refractivity contribution in [2.24, 2.45) is 11.8 Å². The Bertz CT molecular complexity index is 238. The van der Waals surface area contributed by atoms with Gasteiger partial charge in [-0.1, -0.05) is 20.8 Å². The van der Waals surface area contributed by atoms with Crippen LogP contribution >= 0.6 is 0 Å². The molecule has 2 fully saturated rings. The molecule has 3 heteroatoms. The van der Waals surface area contributed by atoms with Crippen LogP contribution in [-0.4, -0.2) is 73.6 Å². The summed E-state index contributed by atoms with van der Waals surface area (Å²) in [6.07, 6.45) is 2.83. The van der Waals surface area contributed by atoms with E-state index in [1.807, 2.05) is 0 Å². The van der Waals surface area contributed by atoms with Gasteiger partial charge in [-0.05, 0) is 44.3 Å². The molecule has 2 saturated heterocycles. The Kier molecular flexibility index (Phi) is 6.11. The van der Waals surface area contributed by atoms with Crippen LogP contribution in [0.3, 0.4) is 0 Å². The number of hydrogen-bond donors (Lipinski definition) is 0. The molecule has 0 saturated carbocycles. The van der Waals surface area contributed by atoms with E-state index >= 15 is 0 Å². The molecule has 2 heterocycles. The molecule has 0 aromatic heterocycles. The van der Waals surface area contributed by atoms with E-state index in [4.69, 9.17) is 0 Å². The standard InChI is InChI=1S/C16H33N3/c1-4-17-9-11-19(12-10-17)14-16-5-7-18(8-6-16)13-15(2)3/h15-16H,4-14H2,1-3H3. The molecule has 0 aliphatic carbocycles. The first-order valence-corrected chi connectivity index (χ1v) is 8.34. The second-order valence-corrected chi connectivity index (χ2v) is 6.87. The summed E-state index contributed by atoms with van der Waals surface area (Å²) in [5.74, 6) is 1.77. The second kappa shape index (κ2) is 7.61. The van der Waals surface area contributed by atoms with Crippen molar-refractivity contribution in [3.8, 4) is 0 Å². The van der Waals surface area contributed by atoms with Crippen molar-refractivity contribution in [3.05, 3.63) is 0 Å². The highest BCUT2D eigenvalue weighted by atomic mass is 15.3. The van der Waals surface area contributed by atoms with Crippen LogP contribution in [0.2, 0.25) is 0 Å². The molecule has 0 aromatic carbocycles. The summed E-state index contributed by atoms with van der Waals surface area (Å²) in [6, 6.07) is 0. The molecule has 0 aromatic rings. The minimum absolute atomic E-state index is 0.818. The van der Waals surface area contributed by atoms with E-state index in [1.54, 1.807) is 0 Å². The zero-order chi connectivity index (χ0) is 13.7. The lowest BCUT2D eigenvalue weighted by molar-refractivity contribution is 0.0947. The van der Waals surface area contributed by atoms with E-state index in [1.165, 1.54) is 71.7 Å². The Balaban J connectivity index is 1.63. The summed E-state index contributed by atoms with van der Waals surface area (Å²) < 4.78 is 0. The van der Waals surface area contributed by atoms with Crippen LogP contribution in [0.15, 0.2) is 0 Å². The van der Waals surface area contributed by atoms with E-state index in [2.05, 4.69) is 35.5 Å². The van der Waals surface area contributed by atoms with Crippen LogP contribution in [0.25, 0.3) is 0 Å². The molecule has 0 spiro atoms. The zero-order valence-electron chi connectivity index (χ0n) is 13.3. The molecule has 0 atom stereocenters. The van der Waals surface area contributed by atoms with Crippen LogP contribution in [-0.2, 0) is 0 Å². The highest BCUT2D eigenvalue weighted by Gasteiger charge is 2.23. The minimum Gasteiger partial charge on any atom is -0.303 e. The predicted molar refractivity (Wildman–Crippen MR) is 82.6 cm³/mol. The van der Waals surface area contributed by atoms with Crippen LogP contribution in [0.4, 0.5) is 0 Å². The van der Waals surface area contributed by atoms with Crippen LogP contribution < -0.4 is 0 Å². The number of likely N-dealkylation sites (tertiary alicyclic amines) is 1. The number of hydrogen-bond acceptors (Lipinski definition) is 3. The third-order valence-electron chi connectivity index (χ3n) is 4.76. The fourth-order valence-corrected chi connectivity index (χ4v) is 3.52. The van der Waals surface area contributed by atoms with Gasteiger partial charge < -0.3 is 14.7 Å². The smallest absolute Gasteiger partial charge is 0.0110 e. The van der Waals surface area contributed by atoms with E-state index < -0.39 is 0 Å². The van der Waals surface area contributed by atoms with Gasteiger partial charge in [0.2, 0.25) is 0 Å². The molecular formula is C16H33N3. The minimum atomic E-state index is 0.818. The fourth-order valence-electron chi connectivity index (χ4n) is 3.52. The first-order chi connectivity index (χ1) is 9.17. The molecule has 19 heavy (non-hydrogen) atoms. The first-order valence-electron chi connectivity index (χ1n) is 8.34. The molecule has 0 radical (unpaired) electrons. The van der Waals surface area contributed by atoms with Crippen molar-refractivity contribution >= 4 is 0 Å². The quantitative estimate of drug-likeness (QED) is 0.754. The van der Waals surface area contributed by atoms with Gasteiger partial charge in [-0.3, -0.25) is 0 Å². The third kappa shape index (κ3) is 5.05. The van der Waals surface area contributed by atoms with Crippen molar-refractivity contribution in [2.45, 2.75) is 33.6 Å². The van der Waals surface area contributed by atoms with Gasteiger partial charge in [0.15, 0.2) is 0 Å². The van der Waals surface area contributed by atoms with Gasteiger partial charge in [0, 0.05) is 39.3 Å². The van der Waals surface area contributed by atoms with Crippen molar-refractivity contribution in [1.82, 2.24) is 14.7 Å². The van der Waals surface area contributed by atoms with E-state index in [9.17, 15) is 0 Å². The average Bonchev–Trinajstić information content (AvgIpc) is 2.41. The first kappa shape index (κ1) is 15.3. The van der Waals surface area contributed by atoms with Crippen LogP contribution in [0.5, 0.6) is 0 Å². The van der Waals surface area contributed by atoms with Gasteiger partial charge in [0.1, 0.15) is 0 Å². The summed E-state index contributed by atoms with van der Waals surface area (Å²) in [5.41, 5.74) is 0. The Labute approximate surface area is 119 Å². The van der Waals surface area contributed by atoms with Crippen molar-refractivity contribution in [1.29, 1.82) is 0 Å². The van der Waals surface area contributed by atoms with Gasteiger partial charge >= 0.3 is 0 Å². The fraction of sp³-hybridized carbons (Fsp3) is 1.00. The molecule has 0 amide bonds. The monoisotopic (exact) mass is 267 g/mol. The molecule has 0 N–H and O–H groups in total. The lowest BCUT2D eigenvalue weighted by atomic mass is 9.95. The summed E-state index contributed by atoms with van der Waals surface area (Å²) >= 11 is 0. The number of piperazine rings is 1. The molecule has 2 rings (SSSR count). The molecule has 112 valence electrons. The summed E-state index contributed by atoms with van der Waals surface area (Å²) in [6.45, 7) is 18.6. The normalized spacial score (nSPS) is 25.3. The van der Waals surface area contributed by atoms with E-state index in [-0.39, 0.29) is 0 Å². The predicted octanol–water partition coefficient (Wildman–Crippen LogP) is 1.99. The lowest BCUT2D eigenvalue weighted by Crippen LogP contribution is -2.48. The Morgan fingerprint density at radius 3 is 1.95 bits per heavy atom. The van der Waals surface area contributed by atoms with Crippen molar-refractivity contribution in [2.75, 3.05) is 58.9 Å². The second-order valence-electron chi connectivity index (χ2n) is 6.87. The third-order valence-corrected chi connectivity index (χ3v) is 4.76. The molecule has 3 nitrogen and oxygen atoms in total. The number of rotatable bonds is 5. The number of piperidine rings is 1. The molecule has 0 unspecified atom stereocenters. The van der Waals surface area contributed by atoms with E-state index in [0.717, 1.165) is 11.8 Å². The van der Waals surface area contributed by atoms with Crippen LogP contribution in [0, 0.1) is 11.8 Å². The maximum Gasteiger partial charge on any atom is 0.0110 e. The van der Waals surface area contributed by atoms with Crippen molar-refractivity contribution in [3.63, 3.8) is 0 Å². The highest BCUT2D eigenvalue weighted by molar-refractivity contribution is 4.78. The largest absolute Gasteiger partial charge is 0.303 e. The van der Waals surface area contributed by atoms with E-state index in [0.29, 0.717) is 0 Å². The van der Waals surface area contributed by atoms with Gasteiger partial charge in [0.25, 0.3) is 0 Å². The molecule has 2 aliphatic rings. The number of likely N-dealkylation sites (N-methyl/N-ethyl adjacent to an activating group) is 1. The topological polar surface area (TPSA) is 9.72 Å². The summed E-state index contributed by atoms with van der Waals surface area (Å²) in [5, 5.41) is 0. The van der Waals surface area contributed by atoms with Gasteiger partial charge in [-0.2, -0.15) is 0 Å². The highest BCUT2D eigenvalue weighted by Crippen LogP contribution is 2.19. The summed E-state index contributed by atoms with van der Waals surface area (Å²) in [4.78, 5) is 7.94. The Hall–Kier alpha value is -0.120. The van der Waals surface area contributed by atoms with Gasteiger partial charge in [-0.25, -0.2) is 0 Å². The maximum atomic E-state index is 2.70. The summed E-state index contributed by atoms with van der Waals surface area (Å²) in [7, 11) is 0. The van der Waals surface area contributed by atoms with Crippen LogP contribution in [0.1, 0.15) is 33.6 Å². The lowest BCUT2D eigenvalue weighted by Gasteiger charge is -2.39. The van der Waals surface area contributed by atoms with Gasteiger partial charge in [0.05, 0.1) is 0 Å². The SMILES string of the molecule is CCN1CCN(CC2CCN(CC(C)C)CC2)CC1. The Morgan fingerprint density at radius 1 is 0.842 bits per heavy atom. The van der Waals surface area contributed by atoms with Gasteiger partial charge in [-0.15, -0.1) is 0 Å². The maximum absolute atomic E-state index is 2.70. The average molecular weight is 267 g/mol. The molecule has 0 bridgehead atoms. The Morgan fingerprint density at radius 2 is 1.42 bits per heavy atom. The number of nitrogens with zero attached hydrogens (tertiary/aromatic N) is 3. The molecular weight excluding hydrogens is 234 g/mol. The molecule has 2 aliphatic heterocycles. The zero-order valence-corrected chi connectivity index (χ0v) is 13.3. The van der Waals surface area contributed by atoms with Crippen molar-refractivity contribution < 1.29 is 0 Å².